The van der Waals surface area contributed by atoms with Gasteiger partial charge >= 0.3 is 0 Å². The molecule has 2 fully saturated rings. The van der Waals surface area contributed by atoms with E-state index in [1.165, 1.54) is 0 Å². The van der Waals surface area contributed by atoms with E-state index in [4.69, 9.17) is 9.47 Å². The molecule has 1 aliphatic heterocycles. The Balaban J connectivity index is 1.30. The average molecular weight is 404 g/mol. The molecule has 7 nitrogen and oxygen atoms in total. The standard InChI is InChI=1S/C23H24N4O3/c1-29-22-9-15(4-5-25-22)14-2-3-19(21(28)8-14)20-12-27-23(13-26-20)30-18-6-16-10-24-11-17(16)7-18/h2-5,8-9,12-13,16-18,24,28H,6-7,10-11H2,1H3/t16-,17+,18?. The second-order valence-corrected chi connectivity index (χ2v) is 7.95. The third kappa shape index (κ3) is 3.68. The van der Waals surface area contributed by atoms with E-state index in [1.54, 1.807) is 31.8 Å². The summed E-state index contributed by atoms with van der Waals surface area (Å²) in [6, 6.07) is 9.18. The Hall–Kier alpha value is -3.19. The molecule has 3 heterocycles. The first-order chi connectivity index (χ1) is 14.7. The maximum absolute atomic E-state index is 10.6. The molecule has 1 aliphatic carbocycles. The van der Waals surface area contributed by atoms with Crippen LogP contribution in [-0.2, 0) is 0 Å². The first-order valence-electron chi connectivity index (χ1n) is 10.2. The van der Waals surface area contributed by atoms with Crippen molar-refractivity contribution in [2.24, 2.45) is 11.8 Å². The van der Waals surface area contributed by atoms with Gasteiger partial charge in [0.1, 0.15) is 11.9 Å². The third-order valence-corrected chi connectivity index (χ3v) is 6.08. The number of nitrogens with zero attached hydrogens (tertiary/aromatic N) is 3. The van der Waals surface area contributed by atoms with Gasteiger partial charge in [0, 0.05) is 17.8 Å². The summed E-state index contributed by atoms with van der Waals surface area (Å²) >= 11 is 0. The maximum atomic E-state index is 10.6. The van der Waals surface area contributed by atoms with E-state index in [2.05, 4.69) is 20.3 Å². The van der Waals surface area contributed by atoms with Crippen molar-refractivity contribution in [3.05, 3.63) is 48.9 Å². The van der Waals surface area contributed by atoms with Gasteiger partial charge in [-0.2, -0.15) is 0 Å². The quantitative estimate of drug-likeness (QED) is 0.674. The minimum atomic E-state index is 0.141. The fraction of sp³-hybridized carbons (Fsp3) is 0.348. The van der Waals surface area contributed by atoms with E-state index in [-0.39, 0.29) is 11.9 Å². The van der Waals surface area contributed by atoms with Crippen LogP contribution in [0.1, 0.15) is 12.8 Å². The van der Waals surface area contributed by atoms with Gasteiger partial charge in [-0.1, -0.05) is 6.07 Å². The van der Waals surface area contributed by atoms with Gasteiger partial charge in [0.05, 0.1) is 25.2 Å². The highest BCUT2D eigenvalue weighted by Gasteiger charge is 2.38. The van der Waals surface area contributed by atoms with Crippen LogP contribution < -0.4 is 14.8 Å². The monoisotopic (exact) mass is 404 g/mol. The van der Waals surface area contributed by atoms with Crippen LogP contribution in [0.2, 0.25) is 0 Å². The minimum Gasteiger partial charge on any atom is -0.507 e. The summed E-state index contributed by atoms with van der Waals surface area (Å²) in [7, 11) is 1.58. The van der Waals surface area contributed by atoms with Crippen molar-refractivity contribution >= 4 is 0 Å². The van der Waals surface area contributed by atoms with Crippen molar-refractivity contribution in [1.82, 2.24) is 20.3 Å². The molecule has 1 saturated carbocycles. The van der Waals surface area contributed by atoms with E-state index in [9.17, 15) is 5.11 Å². The molecule has 0 radical (unpaired) electrons. The number of ether oxygens (including phenoxy) is 2. The molecule has 154 valence electrons. The van der Waals surface area contributed by atoms with Gasteiger partial charge in [-0.25, -0.2) is 15.0 Å². The number of nitrogens with one attached hydrogen (secondary N) is 1. The molecule has 2 N–H and O–H groups in total. The van der Waals surface area contributed by atoms with Crippen LogP contribution in [0.3, 0.4) is 0 Å². The Morgan fingerprint density at radius 1 is 0.933 bits per heavy atom. The number of pyridine rings is 1. The number of methoxy groups -OCH3 is 1. The number of rotatable bonds is 5. The van der Waals surface area contributed by atoms with Crippen LogP contribution in [0.15, 0.2) is 48.9 Å². The average Bonchev–Trinajstić information content (AvgIpc) is 3.36. The van der Waals surface area contributed by atoms with Gasteiger partial charge in [-0.3, -0.25) is 0 Å². The van der Waals surface area contributed by atoms with E-state index >= 15 is 0 Å². The predicted octanol–water partition coefficient (Wildman–Crippen LogP) is 3.30. The molecule has 0 amide bonds. The number of aromatic nitrogens is 3. The Bertz CT molecular complexity index is 1030. The molecule has 30 heavy (non-hydrogen) atoms. The lowest BCUT2D eigenvalue weighted by Crippen LogP contribution is -2.19. The lowest BCUT2D eigenvalue weighted by atomic mass is 10.0. The second-order valence-electron chi connectivity index (χ2n) is 7.95. The van der Waals surface area contributed by atoms with Crippen LogP contribution in [0.25, 0.3) is 22.4 Å². The Morgan fingerprint density at radius 2 is 1.73 bits per heavy atom. The van der Waals surface area contributed by atoms with Gasteiger partial charge in [0.15, 0.2) is 0 Å². The molecule has 1 unspecified atom stereocenters. The molecule has 1 saturated heterocycles. The van der Waals surface area contributed by atoms with E-state index in [0.29, 0.717) is 23.0 Å². The zero-order valence-corrected chi connectivity index (χ0v) is 16.8. The summed E-state index contributed by atoms with van der Waals surface area (Å²) in [5, 5.41) is 14.0. The van der Waals surface area contributed by atoms with Gasteiger partial charge in [0.25, 0.3) is 0 Å². The summed E-state index contributed by atoms with van der Waals surface area (Å²) < 4.78 is 11.2. The molecule has 7 heteroatoms. The van der Waals surface area contributed by atoms with Gasteiger partial charge in [-0.15, -0.1) is 0 Å². The molecule has 0 spiro atoms. The minimum absolute atomic E-state index is 0.141. The lowest BCUT2D eigenvalue weighted by Gasteiger charge is -2.14. The first-order valence-corrected chi connectivity index (χ1v) is 10.2. The zero-order valence-electron chi connectivity index (χ0n) is 16.8. The maximum Gasteiger partial charge on any atom is 0.232 e. The Kier molecular flexibility index (Phi) is 4.96. The van der Waals surface area contributed by atoms with Gasteiger partial charge in [0.2, 0.25) is 11.8 Å². The summed E-state index contributed by atoms with van der Waals surface area (Å²) in [6.07, 6.45) is 7.33. The summed E-state index contributed by atoms with van der Waals surface area (Å²) in [4.78, 5) is 13.0. The smallest absolute Gasteiger partial charge is 0.232 e. The number of phenolic OH excluding ortho intramolecular Hbond substituents is 1. The van der Waals surface area contributed by atoms with Crippen LogP contribution in [-0.4, -0.2) is 46.4 Å². The molecular formula is C23H24N4O3. The number of benzene rings is 1. The van der Waals surface area contributed by atoms with E-state index in [0.717, 1.165) is 48.9 Å². The molecule has 5 rings (SSSR count). The van der Waals surface area contributed by atoms with E-state index in [1.807, 2.05) is 24.3 Å². The Morgan fingerprint density at radius 3 is 2.43 bits per heavy atom. The SMILES string of the molecule is COc1cc(-c2ccc(-c3cnc(OC4C[C@H]5CNC[C@H]5C4)cn3)c(O)c2)ccn1. The van der Waals surface area contributed by atoms with Crippen molar-refractivity contribution in [1.29, 1.82) is 0 Å². The fourth-order valence-corrected chi connectivity index (χ4v) is 4.52. The Labute approximate surface area is 175 Å². The van der Waals surface area contributed by atoms with Crippen LogP contribution in [0.5, 0.6) is 17.5 Å². The predicted molar refractivity (Wildman–Crippen MR) is 112 cm³/mol. The number of hydrogen-bond acceptors (Lipinski definition) is 7. The molecule has 0 bridgehead atoms. The van der Waals surface area contributed by atoms with Crippen LogP contribution in [0, 0.1) is 11.8 Å². The van der Waals surface area contributed by atoms with Crippen molar-refractivity contribution in [2.75, 3.05) is 20.2 Å². The summed E-state index contributed by atoms with van der Waals surface area (Å²) in [6.45, 7) is 2.19. The molecule has 1 aromatic carbocycles. The van der Waals surface area contributed by atoms with Crippen molar-refractivity contribution in [3.63, 3.8) is 0 Å². The van der Waals surface area contributed by atoms with Crippen molar-refractivity contribution in [2.45, 2.75) is 18.9 Å². The van der Waals surface area contributed by atoms with Crippen LogP contribution in [0.4, 0.5) is 0 Å². The topological polar surface area (TPSA) is 89.4 Å². The number of aromatic hydroxyl groups is 1. The van der Waals surface area contributed by atoms with E-state index < -0.39 is 0 Å². The fourth-order valence-electron chi connectivity index (χ4n) is 4.52. The van der Waals surface area contributed by atoms with Gasteiger partial charge in [-0.05, 0) is 67.1 Å². The number of phenols is 1. The molecule has 2 aliphatic rings. The summed E-state index contributed by atoms with van der Waals surface area (Å²) in [5.74, 6) is 2.65. The molecule has 3 aromatic rings. The number of fused-ring (bicyclic) bond motifs is 1. The van der Waals surface area contributed by atoms with Gasteiger partial charge < -0.3 is 19.9 Å². The highest BCUT2D eigenvalue weighted by atomic mass is 16.5. The molecule has 2 aromatic heterocycles. The van der Waals surface area contributed by atoms with Crippen molar-refractivity contribution < 1.29 is 14.6 Å². The largest absolute Gasteiger partial charge is 0.507 e. The molecular weight excluding hydrogens is 380 g/mol. The molecule has 3 atom stereocenters. The zero-order chi connectivity index (χ0) is 20.5. The normalized spacial score (nSPS) is 22.6. The second kappa shape index (κ2) is 7.91. The summed E-state index contributed by atoms with van der Waals surface area (Å²) in [5.41, 5.74) is 3.01. The highest BCUT2D eigenvalue weighted by molar-refractivity contribution is 5.74. The van der Waals surface area contributed by atoms with Crippen molar-refractivity contribution in [3.8, 4) is 39.9 Å². The third-order valence-electron chi connectivity index (χ3n) is 6.08. The first kappa shape index (κ1) is 18.8. The number of hydrogen-bond donors (Lipinski definition) is 2. The lowest BCUT2D eigenvalue weighted by molar-refractivity contribution is 0.190. The highest BCUT2D eigenvalue weighted by Crippen LogP contribution is 2.37. The van der Waals surface area contributed by atoms with Crippen LogP contribution >= 0.6 is 0 Å².